The maximum Gasteiger partial charge on any atom is 0.313 e. The Labute approximate surface area is 106 Å². The van der Waals surface area contributed by atoms with Gasteiger partial charge in [0.15, 0.2) is 0 Å². The van der Waals surface area contributed by atoms with Gasteiger partial charge in [-0.3, -0.25) is 9.59 Å². The van der Waals surface area contributed by atoms with E-state index in [0.29, 0.717) is 0 Å². The summed E-state index contributed by atoms with van der Waals surface area (Å²) in [5.74, 6) is -0.383. The van der Waals surface area contributed by atoms with E-state index in [1.807, 2.05) is 0 Å². The molecule has 1 aliphatic carbocycles. The number of carbonyl (C=O) groups excluding carboxylic acids is 1. The van der Waals surface area contributed by atoms with Gasteiger partial charge in [0, 0.05) is 0 Å². The largest absolute Gasteiger partial charge is 0.481 e. The van der Waals surface area contributed by atoms with Crippen LogP contribution >= 0.6 is 0 Å². The number of nitrogens with one attached hydrogen (secondary N) is 2. The molecule has 0 aromatic rings. The van der Waals surface area contributed by atoms with Crippen molar-refractivity contribution in [2.45, 2.75) is 25.8 Å². The average Bonchev–Trinajstić information content (AvgIpc) is 3.04. The van der Waals surface area contributed by atoms with Crippen molar-refractivity contribution in [3.63, 3.8) is 0 Å². The lowest BCUT2D eigenvalue weighted by Crippen LogP contribution is -2.51. The van der Waals surface area contributed by atoms with Crippen LogP contribution < -0.4 is 10.6 Å². The second-order valence-corrected chi connectivity index (χ2v) is 5.43. The molecule has 1 aliphatic heterocycles. The van der Waals surface area contributed by atoms with Gasteiger partial charge >= 0.3 is 5.97 Å². The molecule has 1 heterocycles. The Kier molecular flexibility index (Phi) is 3.87. The molecule has 0 aromatic carbocycles. The molecular formula is C12H20N2O4. The van der Waals surface area contributed by atoms with Crippen molar-refractivity contribution in [3.05, 3.63) is 0 Å². The van der Waals surface area contributed by atoms with Crippen LogP contribution in [0.15, 0.2) is 0 Å². The third kappa shape index (κ3) is 3.00. The highest BCUT2D eigenvalue weighted by molar-refractivity contribution is 5.81. The predicted molar refractivity (Wildman–Crippen MR) is 64.1 cm³/mol. The average molecular weight is 256 g/mol. The van der Waals surface area contributed by atoms with Crippen molar-refractivity contribution in [1.82, 2.24) is 10.6 Å². The third-order valence-electron chi connectivity index (χ3n) is 3.69. The van der Waals surface area contributed by atoms with Crippen LogP contribution in [0, 0.1) is 11.3 Å². The molecule has 6 heteroatoms. The highest BCUT2D eigenvalue weighted by atomic mass is 16.5. The van der Waals surface area contributed by atoms with Crippen molar-refractivity contribution in [1.29, 1.82) is 0 Å². The Hall–Kier alpha value is -1.14. The lowest BCUT2D eigenvalue weighted by atomic mass is 9.85. The molecule has 0 bridgehead atoms. The van der Waals surface area contributed by atoms with Crippen LogP contribution in [0.4, 0.5) is 0 Å². The lowest BCUT2D eigenvalue weighted by Gasteiger charge is -2.25. The van der Waals surface area contributed by atoms with E-state index in [1.54, 1.807) is 6.92 Å². The molecule has 2 unspecified atom stereocenters. The molecule has 0 radical (unpaired) electrons. The molecule has 2 rings (SSSR count). The van der Waals surface area contributed by atoms with Gasteiger partial charge in [-0.1, -0.05) is 0 Å². The first-order chi connectivity index (χ1) is 8.52. The Morgan fingerprint density at radius 3 is 2.78 bits per heavy atom. The summed E-state index contributed by atoms with van der Waals surface area (Å²) in [6.45, 7) is 3.11. The van der Waals surface area contributed by atoms with Crippen molar-refractivity contribution in [2.75, 3.05) is 26.3 Å². The van der Waals surface area contributed by atoms with Crippen molar-refractivity contribution in [2.24, 2.45) is 11.3 Å². The van der Waals surface area contributed by atoms with Crippen LogP contribution in [0.5, 0.6) is 0 Å². The zero-order valence-electron chi connectivity index (χ0n) is 10.6. The number of ether oxygens (including phenoxy) is 1. The minimum atomic E-state index is -1.02. The number of carbonyl (C=O) groups is 2. The molecule has 2 atom stereocenters. The summed E-state index contributed by atoms with van der Waals surface area (Å²) in [4.78, 5) is 22.9. The first-order valence-corrected chi connectivity index (χ1v) is 6.33. The zero-order chi connectivity index (χ0) is 13.2. The van der Waals surface area contributed by atoms with Gasteiger partial charge in [0.2, 0.25) is 5.91 Å². The van der Waals surface area contributed by atoms with Gasteiger partial charge in [0.05, 0.1) is 25.8 Å². The van der Waals surface area contributed by atoms with E-state index in [4.69, 9.17) is 9.84 Å². The molecule has 2 fully saturated rings. The monoisotopic (exact) mass is 256 g/mol. The lowest BCUT2D eigenvalue weighted by molar-refractivity contribution is -0.149. The molecule has 2 aliphatic rings. The van der Waals surface area contributed by atoms with Crippen molar-refractivity contribution < 1.29 is 19.4 Å². The van der Waals surface area contributed by atoms with Crippen molar-refractivity contribution in [3.8, 4) is 0 Å². The summed E-state index contributed by atoms with van der Waals surface area (Å²) in [7, 11) is 0. The Morgan fingerprint density at radius 2 is 2.17 bits per heavy atom. The van der Waals surface area contributed by atoms with E-state index in [0.717, 1.165) is 12.5 Å². The van der Waals surface area contributed by atoms with E-state index in [-0.39, 0.29) is 25.7 Å². The van der Waals surface area contributed by atoms with Gasteiger partial charge in [0.25, 0.3) is 0 Å². The standard InChI is InChI=1S/C12H20N2O4/c1-12(11(16)17)7-18-6-9(12)14-10(15)5-13-4-8-2-3-8/h8-9,13H,2-7H2,1H3,(H,14,15)(H,16,17). The maximum atomic E-state index is 11.7. The van der Waals surface area contributed by atoms with Gasteiger partial charge in [0.1, 0.15) is 5.41 Å². The van der Waals surface area contributed by atoms with E-state index in [9.17, 15) is 9.59 Å². The number of amides is 1. The molecule has 1 amide bonds. The molecule has 102 valence electrons. The first kappa shape index (κ1) is 13.3. The van der Waals surface area contributed by atoms with Crippen LogP contribution in [0.3, 0.4) is 0 Å². The number of aliphatic carboxylic acids is 1. The van der Waals surface area contributed by atoms with Crippen molar-refractivity contribution >= 4 is 11.9 Å². The van der Waals surface area contributed by atoms with E-state index in [2.05, 4.69) is 10.6 Å². The third-order valence-corrected chi connectivity index (χ3v) is 3.69. The summed E-state index contributed by atoms with van der Waals surface area (Å²) < 4.78 is 5.17. The predicted octanol–water partition coefficient (Wildman–Crippen LogP) is -0.408. The quantitative estimate of drug-likeness (QED) is 0.601. The number of hydrogen-bond donors (Lipinski definition) is 3. The number of carboxylic acid groups (broad SMARTS) is 1. The zero-order valence-corrected chi connectivity index (χ0v) is 10.6. The van der Waals surface area contributed by atoms with E-state index >= 15 is 0 Å². The summed E-state index contributed by atoms with van der Waals surface area (Å²) in [5.41, 5.74) is -1.02. The van der Waals surface area contributed by atoms with Gasteiger partial charge in [-0.15, -0.1) is 0 Å². The Balaban J connectivity index is 1.76. The molecular weight excluding hydrogens is 236 g/mol. The van der Waals surface area contributed by atoms with Crippen LogP contribution in [0.2, 0.25) is 0 Å². The van der Waals surface area contributed by atoms with E-state index < -0.39 is 17.4 Å². The second-order valence-electron chi connectivity index (χ2n) is 5.43. The highest BCUT2D eigenvalue weighted by Crippen LogP contribution is 2.29. The molecule has 6 nitrogen and oxygen atoms in total. The van der Waals surface area contributed by atoms with Gasteiger partial charge in [-0.05, 0) is 32.2 Å². The molecule has 1 saturated heterocycles. The number of carboxylic acids is 1. The summed E-state index contributed by atoms with van der Waals surface area (Å²) >= 11 is 0. The van der Waals surface area contributed by atoms with Gasteiger partial charge < -0.3 is 20.5 Å². The highest BCUT2D eigenvalue weighted by Gasteiger charge is 2.47. The molecule has 18 heavy (non-hydrogen) atoms. The summed E-state index contributed by atoms with van der Waals surface area (Å²) in [6, 6.07) is -0.453. The molecule has 3 N–H and O–H groups in total. The normalized spacial score (nSPS) is 31.3. The van der Waals surface area contributed by atoms with E-state index in [1.165, 1.54) is 12.8 Å². The minimum absolute atomic E-state index is 0.142. The van der Waals surface area contributed by atoms with Gasteiger partial charge in [-0.25, -0.2) is 0 Å². The maximum absolute atomic E-state index is 11.7. The molecule has 1 saturated carbocycles. The Morgan fingerprint density at radius 1 is 1.44 bits per heavy atom. The number of rotatable bonds is 6. The minimum Gasteiger partial charge on any atom is -0.481 e. The second kappa shape index (κ2) is 5.24. The fraction of sp³-hybridized carbons (Fsp3) is 0.833. The Bertz CT molecular complexity index is 343. The topological polar surface area (TPSA) is 87.7 Å². The molecule has 0 spiro atoms. The number of hydrogen-bond acceptors (Lipinski definition) is 4. The van der Waals surface area contributed by atoms with Gasteiger partial charge in [-0.2, -0.15) is 0 Å². The SMILES string of the molecule is CC1(C(=O)O)COCC1NC(=O)CNCC1CC1. The smallest absolute Gasteiger partial charge is 0.313 e. The van der Waals surface area contributed by atoms with Crippen LogP contribution in [-0.2, 0) is 14.3 Å². The van der Waals surface area contributed by atoms with Crippen LogP contribution in [0.1, 0.15) is 19.8 Å². The fourth-order valence-electron chi connectivity index (χ4n) is 2.04. The summed E-state index contributed by atoms with van der Waals surface area (Å²) in [6.07, 6.45) is 2.48. The summed E-state index contributed by atoms with van der Waals surface area (Å²) in [5, 5.41) is 15.0. The first-order valence-electron chi connectivity index (χ1n) is 6.33. The fourth-order valence-corrected chi connectivity index (χ4v) is 2.04. The van der Waals surface area contributed by atoms with Crippen LogP contribution in [-0.4, -0.2) is 49.3 Å². The van der Waals surface area contributed by atoms with Crippen LogP contribution in [0.25, 0.3) is 0 Å². The molecule has 0 aromatic heterocycles.